The second kappa shape index (κ2) is 7.26. The van der Waals surface area contributed by atoms with Crippen LogP contribution in [-0.4, -0.2) is 44.8 Å². The maximum absolute atomic E-state index is 10.5. The Balaban J connectivity index is 1.52. The van der Waals surface area contributed by atoms with Gasteiger partial charge in [0.2, 0.25) is 0 Å². The number of fused-ring (bicyclic) bond motifs is 1. The van der Waals surface area contributed by atoms with Crippen LogP contribution in [0.1, 0.15) is 47.1 Å². The predicted octanol–water partition coefficient (Wildman–Crippen LogP) is 3.03. The summed E-state index contributed by atoms with van der Waals surface area (Å²) in [4.78, 5) is 0. The number of benzene rings is 2. The molecule has 0 unspecified atom stereocenters. The molecule has 1 aliphatic heterocycles. The molecule has 1 saturated carbocycles. The summed E-state index contributed by atoms with van der Waals surface area (Å²) in [6.45, 7) is 2.81. The maximum Gasteiger partial charge on any atom is 0.113 e. The number of aliphatic hydroxyl groups excluding tert-OH is 3. The van der Waals surface area contributed by atoms with Crippen LogP contribution in [0.5, 0.6) is 0 Å². The minimum absolute atomic E-state index is 0.00398. The summed E-state index contributed by atoms with van der Waals surface area (Å²) in [6, 6.07) is 15.0. The molecule has 2 heterocycles. The van der Waals surface area contributed by atoms with Crippen LogP contribution >= 0.6 is 0 Å². The van der Waals surface area contributed by atoms with Crippen LogP contribution < -0.4 is 0 Å². The standard InChI is InChI=1S/C24H27NO4/c1-14-3-2-4-18-19(24-23(28)22(27)20(26)13-29-24)12-25(21(14)18)11-15-5-7-16(8-6-15)17-9-10-17/h2-8,12,17,20,22-24,26-28H,9-11,13H2,1H3/t20-,22+,23-,24+/m1/s1. The molecule has 1 saturated heterocycles. The van der Waals surface area contributed by atoms with E-state index in [-0.39, 0.29) is 6.61 Å². The van der Waals surface area contributed by atoms with Crippen molar-refractivity contribution in [3.05, 3.63) is 70.9 Å². The number of hydrogen-bond donors (Lipinski definition) is 3. The molecule has 2 aromatic carbocycles. The third-order valence-corrected chi connectivity index (χ3v) is 6.32. The predicted molar refractivity (Wildman–Crippen MR) is 111 cm³/mol. The second-order valence-corrected chi connectivity index (χ2v) is 8.50. The van der Waals surface area contributed by atoms with Gasteiger partial charge in [-0.25, -0.2) is 0 Å². The molecule has 3 aromatic rings. The summed E-state index contributed by atoms with van der Waals surface area (Å²) in [7, 11) is 0. The Morgan fingerprint density at radius 2 is 1.76 bits per heavy atom. The Hall–Kier alpha value is -2.18. The van der Waals surface area contributed by atoms with Crippen molar-refractivity contribution in [3.63, 3.8) is 0 Å². The van der Waals surface area contributed by atoms with Crippen LogP contribution in [0.15, 0.2) is 48.7 Å². The average Bonchev–Trinajstić information content (AvgIpc) is 3.50. The summed E-state index contributed by atoms with van der Waals surface area (Å²) < 4.78 is 7.94. The lowest BCUT2D eigenvalue weighted by atomic mass is 9.94. The fraction of sp³-hybridized carbons (Fsp3) is 0.417. The van der Waals surface area contributed by atoms with Crippen LogP contribution in [-0.2, 0) is 11.3 Å². The van der Waals surface area contributed by atoms with E-state index in [9.17, 15) is 15.3 Å². The normalized spacial score (nSPS) is 27.4. The highest BCUT2D eigenvalue weighted by atomic mass is 16.5. The summed E-state index contributed by atoms with van der Waals surface area (Å²) in [5.74, 6) is 0.747. The van der Waals surface area contributed by atoms with Crippen LogP contribution in [0.4, 0.5) is 0 Å². The number of rotatable bonds is 4. The number of para-hydroxylation sites is 1. The van der Waals surface area contributed by atoms with Crippen LogP contribution in [0, 0.1) is 6.92 Å². The van der Waals surface area contributed by atoms with Crippen molar-refractivity contribution in [2.24, 2.45) is 0 Å². The SMILES string of the molecule is Cc1cccc2c([C@@H]3OC[C@@H](O)[C@H](O)[C@H]3O)cn(Cc3ccc(C4CC4)cc3)c12. The van der Waals surface area contributed by atoms with Gasteiger partial charge in [-0.15, -0.1) is 0 Å². The molecular formula is C24H27NO4. The van der Waals surface area contributed by atoms with E-state index >= 15 is 0 Å². The molecule has 0 spiro atoms. The molecular weight excluding hydrogens is 366 g/mol. The first-order chi connectivity index (χ1) is 14.0. The van der Waals surface area contributed by atoms with E-state index in [2.05, 4.69) is 41.8 Å². The Morgan fingerprint density at radius 1 is 1.00 bits per heavy atom. The number of ether oxygens (including phenoxy) is 1. The summed E-state index contributed by atoms with van der Waals surface area (Å²) in [5.41, 5.74) is 5.74. The van der Waals surface area contributed by atoms with Gasteiger partial charge in [0.05, 0.1) is 12.1 Å². The first-order valence-electron chi connectivity index (χ1n) is 10.4. The largest absolute Gasteiger partial charge is 0.388 e. The molecule has 0 amide bonds. The number of aromatic nitrogens is 1. The number of nitrogens with zero attached hydrogens (tertiary/aromatic N) is 1. The lowest BCUT2D eigenvalue weighted by Crippen LogP contribution is -2.48. The average molecular weight is 393 g/mol. The van der Waals surface area contributed by atoms with E-state index in [1.165, 1.54) is 24.0 Å². The van der Waals surface area contributed by atoms with E-state index in [0.29, 0.717) is 0 Å². The van der Waals surface area contributed by atoms with Crippen LogP contribution in [0.2, 0.25) is 0 Å². The molecule has 5 nitrogen and oxygen atoms in total. The summed E-state index contributed by atoms with van der Waals surface area (Å²) in [6.07, 6.45) is 0.494. The number of hydrogen-bond acceptors (Lipinski definition) is 4. The van der Waals surface area contributed by atoms with Gasteiger partial charge in [-0.3, -0.25) is 0 Å². The van der Waals surface area contributed by atoms with Crippen molar-refractivity contribution >= 4 is 10.9 Å². The second-order valence-electron chi connectivity index (χ2n) is 8.50. The molecule has 0 bridgehead atoms. The molecule has 3 N–H and O–H groups in total. The minimum Gasteiger partial charge on any atom is -0.388 e. The maximum atomic E-state index is 10.5. The molecule has 152 valence electrons. The van der Waals surface area contributed by atoms with Crippen molar-refractivity contribution in [2.75, 3.05) is 6.61 Å². The lowest BCUT2D eigenvalue weighted by molar-refractivity contribution is -0.188. The molecule has 0 radical (unpaired) electrons. The van der Waals surface area contributed by atoms with Gasteiger partial charge in [0, 0.05) is 23.7 Å². The topological polar surface area (TPSA) is 74.8 Å². The van der Waals surface area contributed by atoms with E-state index in [4.69, 9.17) is 4.74 Å². The van der Waals surface area contributed by atoms with Gasteiger partial charge in [0.15, 0.2) is 0 Å². The van der Waals surface area contributed by atoms with Crippen molar-refractivity contribution in [3.8, 4) is 0 Å². The third kappa shape index (κ3) is 3.38. The van der Waals surface area contributed by atoms with Crippen LogP contribution in [0.25, 0.3) is 10.9 Å². The van der Waals surface area contributed by atoms with Crippen LogP contribution in [0.3, 0.4) is 0 Å². The Bertz CT molecular complexity index is 1020. The minimum atomic E-state index is -1.22. The summed E-state index contributed by atoms with van der Waals surface area (Å²) >= 11 is 0. The fourth-order valence-corrected chi connectivity index (χ4v) is 4.51. The van der Waals surface area contributed by atoms with Crippen molar-refractivity contribution < 1.29 is 20.1 Å². The van der Waals surface area contributed by atoms with E-state index in [0.717, 1.165) is 34.5 Å². The summed E-state index contributed by atoms with van der Waals surface area (Å²) in [5, 5.41) is 31.5. The lowest BCUT2D eigenvalue weighted by Gasteiger charge is -2.35. The highest BCUT2D eigenvalue weighted by Crippen LogP contribution is 2.40. The molecule has 1 aromatic heterocycles. The molecule has 1 aliphatic carbocycles. The van der Waals surface area contributed by atoms with Gasteiger partial charge in [-0.2, -0.15) is 0 Å². The van der Waals surface area contributed by atoms with Gasteiger partial charge in [0.1, 0.15) is 24.4 Å². The van der Waals surface area contributed by atoms with Crippen molar-refractivity contribution in [2.45, 2.75) is 56.6 Å². The zero-order chi connectivity index (χ0) is 20.1. The highest BCUT2D eigenvalue weighted by molar-refractivity contribution is 5.87. The molecule has 2 aliphatic rings. The van der Waals surface area contributed by atoms with Gasteiger partial charge >= 0.3 is 0 Å². The Labute approximate surface area is 170 Å². The molecule has 2 fully saturated rings. The van der Waals surface area contributed by atoms with E-state index in [1.807, 2.05) is 18.3 Å². The van der Waals surface area contributed by atoms with Gasteiger partial charge in [0.25, 0.3) is 0 Å². The smallest absolute Gasteiger partial charge is 0.113 e. The van der Waals surface area contributed by atoms with Crippen molar-refractivity contribution in [1.29, 1.82) is 0 Å². The first kappa shape index (κ1) is 18.8. The third-order valence-electron chi connectivity index (χ3n) is 6.32. The molecule has 5 heteroatoms. The monoisotopic (exact) mass is 393 g/mol. The van der Waals surface area contributed by atoms with Gasteiger partial charge in [-0.05, 0) is 42.4 Å². The Morgan fingerprint density at radius 3 is 2.48 bits per heavy atom. The molecule has 29 heavy (non-hydrogen) atoms. The van der Waals surface area contributed by atoms with E-state index < -0.39 is 24.4 Å². The fourth-order valence-electron chi connectivity index (χ4n) is 4.51. The number of aryl methyl sites for hydroxylation is 1. The highest BCUT2D eigenvalue weighted by Gasteiger charge is 2.39. The van der Waals surface area contributed by atoms with Crippen molar-refractivity contribution in [1.82, 2.24) is 4.57 Å². The zero-order valence-electron chi connectivity index (χ0n) is 16.5. The first-order valence-corrected chi connectivity index (χ1v) is 10.4. The Kier molecular flexibility index (Phi) is 4.71. The molecule has 4 atom stereocenters. The molecule has 5 rings (SSSR count). The quantitative estimate of drug-likeness (QED) is 0.637. The van der Waals surface area contributed by atoms with Gasteiger partial charge < -0.3 is 24.6 Å². The van der Waals surface area contributed by atoms with Gasteiger partial charge in [-0.1, -0.05) is 42.5 Å². The van der Waals surface area contributed by atoms with E-state index in [1.54, 1.807) is 0 Å². The zero-order valence-corrected chi connectivity index (χ0v) is 16.5. The number of aliphatic hydroxyl groups is 3.